The van der Waals surface area contributed by atoms with Crippen LogP contribution < -0.4 is 10.1 Å². The number of rotatable bonds is 7. The third-order valence-corrected chi connectivity index (χ3v) is 6.14. The van der Waals surface area contributed by atoms with Gasteiger partial charge in [0.2, 0.25) is 0 Å². The quantitative estimate of drug-likeness (QED) is 0.308. The van der Waals surface area contributed by atoms with E-state index in [0.29, 0.717) is 29.0 Å². The van der Waals surface area contributed by atoms with Crippen molar-refractivity contribution in [3.05, 3.63) is 95.1 Å². The van der Waals surface area contributed by atoms with Crippen LogP contribution in [0.1, 0.15) is 18.1 Å². The van der Waals surface area contributed by atoms with Crippen molar-refractivity contribution in [3.8, 4) is 5.75 Å². The monoisotopic (exact) mass is 463 g/mol. The number of thiocarbonyl (C=S) groups is 1. The van der Waals surface area contributed by atoms with Crippen molar-refractivity contribution in [1.82, 2.24) is 9.47 Å². The summed E-state index contributed by atoms with van der Waals surface area (Å²) in [6.45, 7) is 4.48. The molecule has 1 N–H and O–H groups in total. The molecule has 3 aromatic carbocycles. The molecule has 32 heavy (non-hydrogen) atoms. The number of fused-ring (bicyclic) bond motifs is 1. The molecule has 0 aliphatic carbocycles. The first-order valence-corrected chi connectivity index (χ1v) is 11.4. The third-order valence-electron chi connectivity index (χ3n) is 5.48. The largest absolute Gasteiger partial charge is 0.495 e. The second-order valence-corrected chi connectivity index (χ2v) is 8.37. The SMILES string of the molecule is CCn1cc(CN(Cc2ccccc2)C(=S)Nc2ccc(OC)c(Cl)c2)c2ccccc21. The molecule has 0 aliphatic heterocycles. The maximum absolute atomic E-state index is 6.31. The molecule has 0 saturated carbocycles. The number of nitrogens with one attached hydrogen (secondary N) is 1. The summed E-state index contributed by atoms with van der Waals surface area (Å²) >= 11 is 12.2. The molecular weight excluding hydrogens is 438 g/mol. The van der Waals surface area contributed by atoms with E-state index in [0.717, 1.165) is 12.2 Å². The first kappa shape index (κ1) is 22.2. The lowest BCUT2D eigenvalue weighted by Crippen LogP contribution is -2.33. The van der Waals surface area contributed by atoms with Crippen LogP contribution in [-0.2, 0) is 19.6 Å². The summed E-state index contributed by atoms with van der Waals surface area (Å²) in [5.74, 6) is 0.636. The fraction of sp³-hybridized carbons (Fsp3) is 0.192. The molecule has 0 bridgehead atoms. The van der Waals surface area contributed by atoms with Gasteiger partial charge in [-0.2, -0.15) is 0 Å². The van der Waals surface area contributed by atoms with Gasteiger partial charge < -0.3 is 19.5 Å². The summed E-state index contributed by atoms with van der Waals surface area (Å²) in [5.41, 5.74) is 4.51. The Morgan fingerprint density at radius 3 is 2.50 bits per heavy atom. The van der Waals surface area contributed by atoms with Gasteiger partial charge in [0.15, 0.2) is 5.11 Å². The number of hydrogen-bond acceptors (Lipinski definition) is 2. The van der Waals surface area contributed by atoms with E-state index in [1.807, 2.05) is 24.3 Å². The Morgan fingerprint density at radius 1 is 1.03 bits per heavy atom. The summed E-state index contributed by atoms with van der Waals surface area (Å²) in [7, 11) is 1.60. The van der Waals surface area contributed by atoms with Crippen LogP contribution in [0.2, 0.25) is 5.02 Å². The lowest BCUT2D eigenvalue weighted by Gasteiger charge is -2.26. The van der Waals surface area contributed by atoms with E-state index in [2.05, 4.69) is 76.4 Å². The molecule has 0 fully saturated rings. The van der Waals surface area contributed by atoms with Gasteiger partial charge in [0.1, 0.15) is 5.75 Å². The summed E-state index contributed by atoms with van der Waals surface area (Å²) in [6, 6.07) is 24.5. The van der Waals surface area contributed by atoms with Gasteiger partial charge in [-0.3, -0.25) is 0 Å². The second kappa shape index (κ2) is 10.1. The van der Waals surface area contributed by atoms with Crippen molar-refractivity contribution in [1.29, 1.82) is 0 Å². The maximum Gasteiger partial charge on any atom is 0.174 e. The van der Waals surface area contributed by atoms with Crippen LogP contribution in [0.15, 0.2) is 79.0 Å². The highest BCUT2D eigenvalue weighted by Crippen LogP contribution is 2.28. The van der Waals surface area contributed by atoms with Crippen LogP contribution in [0.25, 0.3) is 10.9 Å². The van der Waals surface area contributed by atoms with Gasteiger partial charge in [-0.15, -0.1) is 0 Å². The molecule has 4 aromatic rings. The van der Waals surface area contributed by atoms with Crippen molar-refractivity contribution in [2.24, 2.45) is 0 Å². The molecule has 0 amide bonds. The van der Waals surface area contributed by atoms with Crippen LogP contribution in [0, 0.1) is 0 Å². The number of halogens is 1. The first-order chi connectivity index (χ1) is 15.6. The van der Waals surface area contributed by atoms with E-state index in [-0.39, 0.29) is 0 Å². The molecule has 4 rings (SSSR count). The second-order valence-electron chi connectivity index (χ2n) is 7.58. The number of para-hydroxylation sites is 1. The standard InChI is InChI=1S/C26H26ClN3OS/c1-3-29-17-20(22-11-7-8-12-24(22)29)18-30(16-19-9-5-4-6-10-19)26(32)28-21-13-14-25(31-2)23(27)15-21/h4-15,17H,3,16,18H2,1-2H3,(H,28,32). The van der Waals surface area contributed by atoms with Crippen molar-refractivity contribution in [2.75, 3.05) is 12.4 Å². The Kier molecular flexibility index (Phi) is 6.98. The average Bonchev–Trinajstić information content (AvgIpc) is 3.17. The smallest absolute Gasteiger partial charge is 0.174 e. The highest BCUT2D eigenvalue weighted by atomic mass is 35.5. The summed E-state index contributed by atoms with van der Waals surface area (Å²) in [6.07, 6.45) is 2.23. The normalized spacial score (nSPS) is 10.8. The van der Waals surface area contributed by atoms with Gasteiger partial charge in [-0.25, -0.2) is 0 Å². The molecule has 1 heterocycles. The average molecular weight is 464 g/mol. The molecule has 0 atom stereocenters. The molecule has 6 heteroatoms. The predicted molar refractivity (Wildman–Crippen MR) is 138 cm³/mol. The van der Waals surface area contributed by atoms with Gasteiger partial charge in [0, 0.05) is 42.4 Å². The van der Waals surface area contributed by atoms with Gasteiger partial charge >= 0.3 is 0 Å². The Bertz CT molecular complexity index is 1220. The lowest BCUT2D eigenvalue weighted by atomic mass is 10.1. The highest BCUT2D eigenvalue weighted by Gasteiger charge is 2.16. The fourth-order valence-electron chi connectivity index (χ4n) is 3.87. The summed E-state index contributed by atoms with van der Waals surface area (Å²) in [5, 5.41) is 5.79. The zero-order valence-electron chi connectivity index (χ0n) is 18.2. The number of anilines is 1. The molecule has 0 radical (unpaired) electrons. The van der Waals surface area contributed by atoms with E-state index < -0.39 is 0 Å². The predicted octanol–water partition coefficient (Wildman–Crippen LogP) is 6.72. The summed E-state index contributed by atoms with van der Waals surface area (Å²) in [4.78, 5) is 2.19. The first-order valence-electron chi connectivity index (χ1n) is 10.6. The molecule has 0 unspecified atom stereocenters. The molecule has 0 spiro atoms. The van der Waals surface area contributed by atoms with Crippen molar-refractivity contribution in [2.45, 2.75) is 26.6 Å². The van der Waals surface area contributed by atoms with E-state index in [9.17, 15) is 0 Å². The highest BCUT2D eigenvalue weighted by molar-refractivity contribution is 7.80. The lowest BCUT2D eigenvalue weighted by molar-refractivity contribution is 0.413. The fourth-order valence-corrected chi connectivity index (χ4v) is 4.37. The number of methoxy groups -OCH3 is 1. The molecule has 0 saturated heterocycles. The minimum atomic E-state index is 0.543. The topological polar surface area (TPSA) is 29.4 Å². The number of benzene rings is 3. The number of aryl methyl sites for hydroxylation is 1. The molecule has 4 nitrogen and oxygen atoms in total. The Morgan fingerprint density at radius 2 is 1.78 bits per heavy atom. The number of aromatic nitrogens is 1. The Labute approximate surface area is 199 Å². The van der Waals surface area contributed by atoms with Crippen molar-refractivity contribution >= 4 is 45.5 Å². The van der Waals surface area contributed by atoms with Crippen molar-refractivity contribution in [3.63, 3.8) is 0 Å². The van der Waals surface area contributed by atoms with Crippen LogP contribution >= 0.6 is 23.8 Å². The molecular formula is C26H26ClN3OS. The number of nitrogens with zero attached hydrogens (tertiary/aromatic N) is 2. The van der Waals surface area contributed by atoms with Crippen LogP contribution in [0.3, 0.4) is 0 Å². The number of hydrogen-bond donors (Lipinski definition) is 1. The summed E-state index contributed by atoms with van der Waals surface area (Å²) < 4.78 is 7.54. The van der Waals surface area contributed by atoms with Crippen LogP contribution in [0.5, 0.6) is 5.75 Å². The van der Waals surface area contributed by atoms with E-state index in [1.165, 1.54) is 22.0 Å². The Balaban J connectivity index is 1.63. The Hall–Kier alpha value is -3.02. The van der Waals surface area contributed by atoms with E-state index in [4.69, 9.17) is 28.6 Å². The van der Waals surface area contributed by atoms with Crippen LogP contribution in [0.4, 0.5) is 5.69 Å². The zero-order valence-corrected chi connectivity index (χ0v) is 19.8. The van der Waals surface area contributed by atoms with E-state index in [1.54, 1.807) is 7.11 Å². The molecule has 1 aromatic heterocycles. The third kappa shape index (κ3) is 4.90. The minimum Gasteiger partial charge on any atom is -0.495 e. The van der Waals surface area contributed by atoms with Gasteiger partial charge in [-0.05, 0) is 54.5 Å². The van der Waals surface area contributed by atoms with E-state index >= 15 is 0 Å². The van der Waals surface area contributed by atoms with Crippen molar-refractivity contribution < 1.29 is 4.74 Å². The van der Waals surface area contributed by atoms with Crippen LogP contribution in [-0.4, -0.2) is 21.7 Å². The molecule has 164 valence electrons. The number of ether oxygens (including phenoxy) is 1. The molecule has 0 aliphatic rings. The zero-order chi connectivity index (χ0) is 22.5. The maximum atomic E-state index is 6.31. The van der Waals surface area contributed by atoms with Gasteiger partial charge in [0.05, 0.1) is 12.1 Å². The van der Waals surface area contributed by atoms with Gasteiger partial charge in [-0.1, -0.05) is 60.1 Å². The minimum absolute atomic E-state index is 0.543. The van der Waals surface area contributed by atoms with Gasteiger partial charge in [0.25, 0.3) is 0 Å².